The normalized spacial score (nSPS) is 12.1. The molecular formula is C18H13ClN2O3S. The first-order chi connectivity index (χ1) is 12.3. The third-order valence-electron chi connectivity index (χ3n) is 3.76. The number of nitrogens with zero attached hydrogens (tertiary/aromatic N) is 2. The summed E-state index contributed by atoms with van der Waals surface area (Å²) in [6.45, 7) is 0.401. The lowest BCUT2D eigenvalue weighted by molar-refractivity contribution is 0.302. The molecule has 0 aliphatic carbocycles. The third kappa shape index (κ3) is 3.06. The van der Waals surface area contributed by atoms with Crippen molar-refractivity contribution >= 4 is 44.0 Å². The molecule has 0 saturated carbocycles. The molecule has 0 radical (unpaired) electrons. The van der Waals surface area contributed by atoms with Crippen LogP contribution in [0.5, 0.6) is 5.75 Å². The number of rotatable bonds is 4. The largest absolute Gasteiger partial charge is 0.492 e. The fourth-order valence-corrected chi connectivity index (χ4v) is 3.47. The van der Waals surface area contributed by atoms with Gasteiger partial charge in [-0.15, -0.1) is 22.9 Å². The number of fused-ring (bicyclic) bond motifs is 2. The van der Waals surface area contributed by atoms with Gasteiger partial charge in [-0.25, -0.2) is 0 Å². The molecule has 0 amide bonds. The number of ether oxygens (including phenoxy) is 1. The molecule has 5 nitrogen and oxygen atoms in total. The second kappa shape index (κ2) is 6.74. The van der Waals surface area contributed by atoms with Gasteiger partial charge in [0.15, 0.2) is 5.76 Å². The van der Waals surface area contributed by atoms with Crippen molar-refractivity contribution in [1.29, 1.82) is 0 Å². The topological polar surface area (TPSA) is 67.9 Å². The Bertz CT molecular complexity index is 1120. The number of halogens is 1. The van der Waals surface area contributed by atoms with E-state index in [4.69, 9.17) is 20.8 Å². The number of aromatic nitrogens is 1. The van der Waals surface area contributed by atoms with Crippen LogP contribution in [0.4, 0.5) is 0 Å². The fourth-order valence-electron chi connectivity index (χ4n) is 2.59. The molecule has 126 valence electrons. The number of alkyl halides is 1. The number of hydrogen-bond acceptors (Lipinski definition) is 6. The van der Waals surface area contributed by atoms with Crippen LogP contribution in [0.25, 0.3) is 32.5 Å². The van der Waals surface area contributed by atoms with Crippen LogP contribution in [-0.4, -0.2) is 22.7 Å². The average molecular weight is 373 g/mol. The van der Waals surface area contributed by atoms with Gasteiger partial charge in [0.1, 0.15) is 29.0 Å². The maximum absolute atomic E-state index is 9.42. The van der Waals surface area contributed by atoms with Crippen LogP contribution >= 0.6 is 22.9 Å². The second-order valence-electron chi connectivity index (χ2n) is 5.32. The molecule has 3 heterocycles. The quantitative estimate of drug-likeness (QED) is 0.322. The van der Waals surface area contributed by atoms with Crippen LogP contribution in [-0.2, 0) is 0 Å². The van der Waals surface area contributed by atoms with Crippen molar-refractivity contribution < 1.29 is 14.4 Å². The first-order valence-corrected chi connectivity index (χ1v) is 8.98. The minimum Gasteiger partial charge on any atom is -0.492 e. The van der Waals surface area contributed by atoms with Crippen LogP contribution in [0.15, 0.2) is 57.5 Å². The number of pyridine rings is 1. The molecule has 25 heavy (non-hydrogen) atoms. The molecule has 0 spiro atoms. The van der Waals surface area contributed by atoms with Gasteiger partial charge in [-0.3, -0.25) is 4.98 Å². The van der Waals surface area contributed by atoms with Gasteiger partial charge in [0.05, 0.1) is 11.3 Å². The van der Waals surface area contributed by atoms with Gasteiger partial charge in [0.2, 0.25) is 0 Å². The summed E-state index contributed by atoms with van der Waals surface area (Å²) in [5.74, 6) is 1.57. The van der Waals surface area contributed by atoms with Gasteiger partial charge in [-0.05, 0) is 35.7 Å². The Hall–Kier alpha value is -2.57. The molecule has 0 atom stereocenters. The third-order valence-corrected chi connectivity index (χ3v) is 4.79. The molecule has 3 aromatic heterocycles. The zero-order valence-corrected chi connectivity index (χ0v) is 14.5. The number of benzene rings is 1. The van der Waals surface area contributed by atoms with Crippen molar-refractivity contribution in [2.45, 2.75) is 0 Å². The van der Waals surface area contributed by atoms with E-state index in [9.17, 15) is 5.21 Å². The van der Waals surface area contributed by atoms with Crippen molar-refractivity contribution in [2.75, 3.05) is 12.5 Å². The van der Waals surface area contributed by atoms with Gasteiger partial charge < -0.3 is 14.4 Å². The summed E-state index contributed by atoms with van der Waals surface area (Å²) < 4.78 is 12.6. The Morgan fingerprint density at radius 3 is 3.00 bits per heavy atom. The molecule has 0 fully saturated rings. The lowest BCUT2D eigenvalue weighted by Gasteiger charge is -2.07. The maximum Gasteiger partial charge on any atom is 0.155 e. The van der Waals surface area contributed by atoms with E-state index >= 15 is 0 Å². The highest BCUT2D eigenvalue weighted by atomic mass is 35.5. The molecular weight excluding hydrogens is 360 g/mol. The van der Waals surface area contributed by atoms with Gasteiger partial charge >= 0.3 is 0 Å². The summed E-state index contributed by atoms with van der Waals surface area (Å²) in [6.07, 6.45) is 1.81. The van der Waals surface area contributed by atoms with E-state index in [1.165, 1.54) is 0 Å². The lowest BCUT2D eigenvalue weighted by atomic mass is 10.1. The predicted octanol–water partition coefficient (Wildman–Crippen LogP) is 4.62. The van der Waals surface area contributed by atoms with Gasteiger partial charge in [-0.2, -0.15) is 0 Å². The zero-order valence-electron chi connectivity index (χ0n) is 13.0. The van der Waals surface area contributed by atoms with E-state index in [2.05, 4.69) is 10.1 Å². The Morgan fingerprint density at radius 2 is 2.16 bits per heavy atom. The van der Waals surface area contributed by atoms with E-state index < -0.39 is 0 Å². The maximum atomic E-state index is 9.42. The highest BCUT2D eigenvalue weighted by Crippen LogP contribution is 2.27. The lowest BCUT2D eigenvalue weighted by Crippen LogP contribution is -2.05. The summed E-state index contributed by atoms with van der Waals surface area (Å²) in [7, 11) is 0. The molecule has 7 heteroatoms. The van der Waals surface area contributed by atoms with Crippen LogP contribution in [0.3, 0.4) is 0 Å². The Kier molecular flexibility index (Phi) is 4.29. The Balaban J connectivity index is 1.85. The highest BCUT2D eigenvalue weighted by molar-refractivity contribution is 7.17. The highest BCUT2D eigenvalue weighted by Gasteiger charge is 2.10. The molecule has 0 unspecified atom stereocenters. The average Bonchev–Trinajstić information content (AvgIpc) is 3.13. The molecule has 0 saturated heterocycles. The van der Waals surface area contributed by atoms with Crippen LogP contribution in [0.2, 0.25) is 0 Å². The fraction of sp³-hybridized carbons (Fsp3) is 0.111. The standard InChI is InChI=1S/C18H13ClN2O3S/c19-4-5-23-12-1-2-16-13(7-12)14(21-22)8-17(24-16)15-9-18-11(10-20-15)3-6-25-18/h1-3,6-10,22H,4-5H2. The van der Waals surface area contributed by atoms with Crippen molar-refractivity contribution in [3.63, 3.8) is 0 Å². The predicted molar refractivity (Wildman–Crippen MR) is 98.4 cm³/mol. The number of hydrogen-bond donors (Lipinski definition) is 1. The van der Waals surface area contributed by atoms with Crippen molar-refractivity contribution in [1.82, 2.24) is 4.98 Å². The summed E-state index contributed by atoms with van der Waals surface area (Å²) in [4.78, 5) is 4.44. The summed E-state index contributed by atoms with van der Waals surface area (Å²) in [6, 6.07) is 11.0. The molecule has 4 aromatic rings. The smallest absolute Gasteiger partial charge is 0.155 e. The van der Waals surface area contributed by atoms with E-state index in [-0.39, 0.29) is 0 Å². The van der Waals surface area contributed by atoms with Gasteiger partial charge in [0, 0.05) is 22.3 Å². The SMILES string of the molecule is ON=c1cc(-c2cc3sccc3cn2)oc2ccc(OCCCl)cc12. The second-order valence-corrected chi connectivity index (χ2v) is 6.64. The van der Waals surface area contributed by atoms with Crippen LogP contribution < -0.4 is 10.1 Å². The van der Waals surface area contributed by atoms with Gasteiger partial charge in [-0.1, -0.05) is 5.16 Å². The van der Waals surface area contributed by atoms with Gasteiger partial charge in [0.25, 0.3) is 0 Å². The van der Waals surface area contributed by atoms with Crippen LogP contribution in [0.1, 0.15) is 0 Å². The number of thiophene rings is 1. The van der Waals surface area contributed by atoms with E-state index in [0.29, 0.717) is 46.0 Å². The van der Waals surface area contributed by atoms with E-state index in [0.717, 1.165) is 10.1 Å². The minimum absolute atomic E-state index is 0.389. The molecule has 0 aliphatic heterocycles. The van der Waals surface area contributed by atoms with Crippen molar-refractivity contribution in [2.24, 2.45) is 5.16 Å². The Labute approximate surface area is 151 Å². The molecule has 4 rings (SSSR count). The van der Waals surface area contributed by atoms with E-state index in [1.54, 1.807) is 41.8 Å². The summed E-state index contributed by atoms with van der Waals surface area (Å²) in [5, 5.41) is 16.9. The zero-order chi connectivity index (χ0) is 17.2. The van der Waals surface area contributed by atoms with Crippen LogP contribution in [0, 0.1) is 0 Å². The molecule has 1 N–H and O–H groups in total. The summed E-state index contributed by atoms with van der Waals surface area (Å²) in [5.41, 5.74) is 1.26. The first kappa shape index (κ1) is 15.9. The van der Waals surface area contributed by atoms with E-state index in [1.807, 2.05) is 17.5 Å². The molecule has 1 aromatic carbocycles. The van der Waals surface area contributed by atoms with Crippen molar-refractivity contribution in [3.05, 3.63) is 53.3 Å². The Morgan fingerprint density at radius 1 is 1.24 bits per heavy atom. The van der Waals surface area contributed by atoms with Crippen molar-refractivity contribution in [3.8, 4) is 17.2 Å². The minimum atomic E-state index is 0.389. The molecule has 0 bridgehead atoms. The molecule has 0 aliphatic rings. The monoisotopic (exact) mass is 372 g/mol. The first-order valence-electron chi connectivity index (χ1n) is 7.57. The summed E-state index contributed by atoms with van der Waals surface area (Å²) >= 11 is 7.28.